The largest absolute Gasteiger partial charge is 0.398 e. The second kappa shape index (κ2) is 7.25. The molecular formula is C31H23N. The van der Waals surface area contributed by atoms with Crippen molar-refractivity contribution < 1.29 is 0 Å². The highest BCUT2D eigenvalue weighted by Crippen LogP contribution is 2.56. The van der Waals surface area contributed by atoms with Crippen LogP contribution in [0.3, 0.4) is 0 Å². The zero-order valence-corrected chi connectivity index (χ0v) is 17.7. The lowest BCUT2D eigenvalue weighted by Crippen LogP contribution is -2.28. The molecule has 0 unspecified atom stereocenters. The molecule has 0 heterocycles. The van der Waals surface area contributed by atoms with Crippen molar-refractivity contribution in [1.82, 2.24) is 0 Å². The van der Waals surface area contributed by atoms with Crippen LogP contribution in [0.15, 0.2) is 127 Å². The molecule has 1 nitrogen and oxygen atoms in total. The van der Waals surface area contributed by atoms with Gasteiger partial charge in [0.15, 0.2) is 0 Å². The monoisotopic (exact) mass is 409 g/mol. The van der Waals surface area contributed by atoms with Gasteiger partial charge in [-0.25, -0.2) is 0 Å². The molecule has 0 amide bonds. The van der Waals surface area contributed by atoms with Crippen LogP contribution in [-0.2, 0) is 5.41 Å². The van der Waals surface area contributed by atoms with Crippen LogP contribution in [0.1, 0.15) is 22.3 Å². The Hall–Kier alpha value is -4.10. The standard InChI is InChI=1S/C31H23N/c32-30-18-10-8-15-25(30)22-19-20-27-26-16-7-9-17-28(26)31(29(27)21-22,23-11-3-1-4-12-23)24-13-5-2-6-14-24/h1-21H,32H2. The van der Waals surface area contributed by atoms with E-state index in [0.717, 1.165) is 16.8 Å². The zero-order chi connectivity index (χ0) is 21.5. The molecule has 6 rings (SSSR count). The number of rotatable bonds is 3. The van der Waals surface area contributed by atoms with E-state index in [-0.39, 0.29) is 5.41 Å². The van der Waals surface area contributed by atoms with Crippen molar-refractivity contribution in [2.24, 2.45) is 0 Å². The molecule has 0 fully saturated rings. The number of para-hydroxylation sites is 1. The lowest BCUT2D eigenvalue weighted by atomic mass is 9.67. The molecule has 2 N–H and O–H groups in total. The fraction of sp³-hybridized carbons (Fsp3) is 0.0323. The minimum Gasteiger partial charge on any atom is -0.398 e. The summed E-state index contributed by atoms with van der Waals surface area (Å²) in [7, 11) is 0. The predicted octanol–water partition coefficient (Wildman–Crippen LogP) is 7.30. The Morgan fingerprint density at radius 3 is 1.62 bits per heavy atom. The van der Waals surface area contributed by atoms with Crippen LogP contribution < -0.4 is 5.73 Å². The Kier molecular flexibility index (Phi) is 4.22. The molecule has 32 heavy (non-hydrogen) atoms. The van der Waals surface area contributed by atoms with Crippen molar-refractivity contribution in [2.45, 2.75) is 5.41 Å². The van der Waals surface area contributed by atoms with Gasteiger partial charge in [-0.1, -0.05) is 115 Å². The van der Waals surface area contributed by atoms with E-state index in [4.69, 9.17) is 5.73 Å². The van der Waals surface area contributed by atoms with E-state index in [1.165, 1.54) is 33.4 Å². The summed E-state index contributed by atoms with van der Waals surface area (Å²) < 4.78 is 0. The van der Waals surface area contributed by atoms with Gasteiger partial charge in [-0.15, -0.1) is 0 Å². The predicted molar refractivity (Wildman–Crippen MR) is 134 cm³/mol. The second-order valence-corrected chi connectivity index (χ2v) is 8.38. The van der Waals surface area contributed by atoms with Crippen LogP contribution in [0.4, 0.5) is 5.69 Å². The SMILES string of the molecule is Nc1ccccc1-c1ccc2c(c1)C(c1ccccc1)(c1ccccc1)c1ccccc1-2. The lowest BCUT2D eigenvalue weighted by molar-refractivity contribution is 0.769. The fourth-order valence-corrected chi connectivity index (χ4v) is 5.37. The maximum absolute atomic E-state index is 6.37. The van der Waals surface area contributed by atoms with Gasteiger partial charge in [0, 0.05) is 11.3 Å². The topological polar surface area (TPSA) is 26.0 Å². The molecule has 152 valence electrons. The number of anilines is 1. The van der Waals surface area contributed by atoms with Gasteiger partial charge < -0.3 is 5.73 Å². The molecular weight excluding hydrogens is 386 g/mol. The van der Waals surface area contributed by atoms with Crippen molar-refractivity contribution in [3.8, 4) is 22.3 Å². The molecule has 5 aromatic carbocycles. The third kappa shape index (κ3) is 2.58. The molecule has 5 aromatic rings. The first-order valence-corrected chi connectivity index (χ1v) is 11.0. The number of nitrogens with two attached hydrogens (primary N) is 1. The highest BCUT2D eigenvalue weighted by atomic mass is 14.6. The zero-order valence-electron chi connectivity index (χ0n) is 17.7. The van der Waals surface area contributed by atoms with Crippen LogP contribution in [0.2, 0.25) is 0 Å². The van der Waals surface area contributed by atoms with Gasteiger partial charge in [0.05, 0.1) is 5.41 Å². The van der Waals surface area contributed by atoms with Crippen molar-refractivity contribution in [3.05, 3.63) is 150 Å². The third-order valence-electron chi connectivity index (χ3n) is 6.73. The quantitative estimate of drug-likeness (QED) is 0.305. The third-order valence-corrected chi connectivity index (χ3v) is 6.73. The first kappa shape index (κ1) is 18.7. The number of hydrogen-bond donors (Lipinski definition) is 1. The van der Waals surface area contributed by atoms with Crippen molar-refractivity contribution in [2.75, 3.05) is 5.73 Å². The molecule has 0 saturated heterocycles. The normalized spacial score (nSPS) is 13.4. The summed E-state index contributed by atoms with van der Waals surface area (Å²) in [5, 5.41) is 0. The summed E-state index contributed by atoms with van der Waals surface area (Å²) in [5.74, 6) is 0. The molecule has 1 heteroatoms. The average Bonchev–Trinajstić information content (AvgIpc) is 3.16. The Bertz CT molecular complexity index is 1380. The van der Waals surface area contributed by atoms with Crippen molar-refractivity contribution in [1.29, 1.82) is 0 Å². The van der Waals surface area contributed by atoms with Crippen molar-refractivity contribution >= 4 is 5.69 Å². The van der Waals surface area contributed by atoms with Gasteiger partial charge in [0.1, 0.15) is 0 Å². The van der Waals surface area contributed by atoms with Crippen LogP contribution in [-0.4, -0.2) is 0 Å². The summed E-state index contributed by atoms with van der Waals surface area (Å²) in [6, 6.07) is 45.5. The summed E-state index contributed by atoms with van der Waals surface area (Å²) in [4.78, 5) is 0. The maximum Gasteiger partial charge on any atom is 0.0713 e. The van der Waals surface area contributed by atoms with Gasteiger partial charge in [-0.3, -0.25) is 0 Å². The van der Waals surface area contributed by atoms with E-state index in [2.05, 4.69) is 115 Å². The Balaban J connectivity index is 1.74. The van der Waals surface area contributed by atoms with Crippen LogP contribution >= 0.6 is 0 Å². The Labute approximate surface area is 188 Å². The van der Waals surface area contributed by atoms with Gasteiger partial charge in [-0.05, 0) is 51.1 Å². The Morgan fingerprint density at radius 1 is 0.438 bits per heavy atom. The molecule has 0 atom stereocenters. The van der Waals surface area contributed by atoms with Gasteiger partial charge in [-0.2, -0.15) is 0 Å². The molecule has 0 saturated carbocycles. The highest BCUT2D eigenvalue weighted by Gasteiger charge is 2.45. The summed E-state index contributed by atoms with van der Waals surface area (Å²) in [5.41, 5.74) is 16.8. The van der Waals surface area contributed by atoms with Crippen molar-refractivity contribution in [3.63, 3.8) is 0 Å². The first-order chi connectivity index (χ1) is 15.8. The minimum absolute atomic E-state index is 0.381. The van der Waals surface area contributed by atoms with E-state index in [0.29, 0.717) is 0 Å². The smallest absolute Gasteiger partial charge is 0.0713 e. The molecule has 0 aromatic heterocycles. The van der Waals surface area contributed by atoms with E-state index < -0.39 is 0 Å². The van der Waals surface area contributed by atoms with Crippen LogP contribution in [0.25, 0.3) is 22.3 Å². The maximum atomic E-state index is 6.37. The number of nitrogen functional groups attached to an aromatic ring is 1. The molecule has 0 radical (unpaired) electrons. The molecule has 0 spiro atoms. The summed E-state index contributed by atoms with van der Waals surface area (Å²) in [6.45, 7) is 0. The van der Waals surface area contributed by atoms with E-state index in [1.54, 1.807) is 0 Å². The average molecular weight is 410 g/mol. The summed E-state index contributed by atoms with van der Waals surface area (Å²) in [6.07, 6.45) is 0. The number of benzene rings is 5. The second-order valence-electron chi connectivity index (χ2n) is 8.38. The van der Waals surface area contributed by atoms with Crippen LogP contribution in [0.5, 0.6) is 0 Å². The lowest BCUT2D eigenvalue weighted by Gasteiger charge is -2.34. The van der Waals surface area contributed by atoms with E-state index in [1.807, 2.05) is 12.1 Å². The van der Waals surface area contributed by atoms with Crippen LogP contribution in [0, 0.1) is 0 Å². The van der Waals surface area contributed by atoms with E-state index >= 15 is 0 Å². The minimum atomic E-state index is -0.381. The molecule has 0 aliphatic heterocycles. The molecule has 1 aliphatic rings. The van der Waals surface area contributed by atoms with Gasteiger partial charge in [0.2, 0.25) is 0 Å². The van der Waals surface area contributed by atoms with Gasteiger partial charge >= 0.3 is 0 Å². The highest BCUT2D eigenvalue weighted by molar-refractivity contribution is 5.89. The summed E-state index contributed by atoms with van der Waals surface area (Å²) >= 11 is 0. The molecule has 0 bridgehead atoms. The first-order valence-electron chi connectivity index (χ1n) is 11.0. The van der Waals surface area contributed by atoms with E-state index in [9.17, 15) is 0 Å². The number of hydrogen-bond acceptors (Lipinski definition) is 1. The number of fused-ring (bicyclic) bond motifs is 3. The molecule has 1 aliphatic carbocycles. The van der Waals surface area contributed by atoms with Gasteiger partial charge in [0.25, 0.3) is 0 Å². The Morgan fingerprint density at radius 2 is 0.969 bits per heavy atom. The fourth-order valence-electron chi connectivity index (χ4n) is 5.37.